The van der Waals surface area contributed by atoms with Crippen molar-refractivity contribution in [3.05, 3.63) is 23.9 Å². The molecule has 2 atom stereocenters. The standard InChI is InChI=1S/C15H24N2O/c1-3-6-14-7-4-5-10-17(14)15-9-8-13(11-16-15)12(2)18/h8-9,11-12,14,18H,3-7,10H2,1-2H3/t12-,14?/m1/s1. The molecule has 0 spiro atoms. The first kappa shape index (κ1) is 13.3. The second-order valence-electron chi connectivity index (χ2n) is 5.26. The summed E-state index contributed by atoms with van der Waals surface area (Å²) in [6, 6.07) is 4.69. The highest BCUT2D eigenvalue weighted by Crippen LogP contribution is 2.26. The average molecular weight is 248 g/mol. The highest BCUT2D eigenvalue weighted by Gasteiger charge is 2.22. The van der Waals surface area contributed by atoms with E-state index in [4.69, 9.17) is 0 Å². The molecule has 1 aromatic rings. The molecule has 3 nitrogen and oxygen atoms in total. The number of anilines is 1. The van der Waals surface area contributed by atoms with Crippen LogP contribution in [0.2, 0.25) is 0 Å². The van der Waals surface area contributed by atoms with Gasteiger partial charge in [-0.25, -0.2) is 4.98 Å². The lowest BCUT2D eigenvalue weighted by Gasteiger charge is -2.36. The summed E-state index contributed by atoms with van der Waals surface area (Å²) in [7, 11) is 0. The van der Waals surface area contributed by atoms with E-state index in [2.05, 4.69) is 22.9 Å². The zero-order chi connectivity index (χ0) is 13.0. The molecule has 100 valence electrons. The summed E-state index contributed by atoms with van der Waals surface area (Å²) in [5.41, 5.74) is 0.891. The Balaban J connectivity index is 2.12. The van der Waals surface area contributed by atoms with Crippen LogP contribution in [0, 0.1) is 0 Å². The highest BCUT2D eigenvalue weighted by atomic mass is 16.3. The molecular weight excluding hydrogens is 224 g/mol. The Morgan fingerprint density at radius 3 is 2.89 bits per heavy atom. The van der Waals surface area contributed by atoms with Gasteiger partial charge < -0.3 is 10.0 Å². The van der Waals surface area contributed by atoms with Gasteiger partial charge in [0.2, 0.25) is 0 Å². The molecule has 2 heterocycles. The van der Waals surface area contributed by atoms with Crippen molar-refractivity contribution < 1.29 is 5.11 Å². The third-order valence-corrected chi connectivity index (χ3v) is 3.80. The SMILES string of the molecule is CCCC1CCCCN1c1ccc([C@@H](C)O)cn1. The Morgan fingerprint density at radius 2 is 2.28 bits per heavy atom. The molecule has 0 aromatic carbocycles. The fourth-order valence-corrected chi connectivity index (χ4v) is 2.75. The Bertz CT molecular complexity index is 359. The Kier molecular flexibility index (Phi) is 4.59. The van der Waals surface area contributed by atoms with Gasteiger partial charge in [0, 0.05) is 18.8 Å². The zero-order valence-corrected chi connectivity index (χ0v) is 11.5. The minimum atomic E-state index is -0.431. The first-order valence-corrected chi connectivity index (χ1v) is 7.13. The van der Waals surface area contributed by atoms with E-state index < -0.39 is 6.10 Å². The van der Waals surface area contributed by atoms with E-state index in [1.807, 2.05) is 6.07 Å². The van der Waals surface area contributed by atoms with Crippen molar-refractivity contribution in [1.29, 1.82) is 0 Å². The number of aliphatic hydroxyl groups is 1. The first-order chi connectivity index (χ1) is 8.72. The van der Waals surface area contributed by atoms with Crippen molar-refractivity contribution >= 4 is 5.82 Å². The minimum absolute atomic E-state index is 0.431. The van der Waals surface area contributed by atoms with Crippen LogP contribution in [0.1, 0.15) is 57.6 Å². The van der Waals surface area contributed by atoms with Crippen molar-refractivity contribution in [3.63, 3.8) is 0 Å². The molecule has 1 fully saturated rings. The molecule has 1 aliphatic rings. The summed E-state index contributed by atoms with van der Waals surface area (Å²) < 4.78 is 0. The molecule has 18 heavy (non-hydrogen) atoms. The molecular formula is C15H24N2O. The van der Waals surface area contributed by atoms with Crippen molar-refractivity contribution in [3.8, 4) is 0 Å². The normalized spacial score (nSPS) is 21.9. The summed E-state index contributed by atoms with van der Waals surface area (Å²) in [5.74, 6) is 1.07. The van der Waals surface area contributed by atoms with Gasteiger partial charge in [-0.3, -0.25) is 0 Å². The van der Waals surface area contributed by atoms with Crippen LogP contribution < -0.4 is 4.90 Å². The fourth-order valence-electron chi connectivity index (χ4n) is 2.75. The number of hydrogen-bond acceptors (Lipinski definition) is 3. The second kappa shape index (κ2) is 6.19. The maximum atomic E-state index is 9.51. The molecule has 0 amide bonds. The summed E-state index contributed by atoms with van der Waals surface area (Å²) >= 11 is 0. The van der Waals surface area contributed by atoms with Crippen LogP contribution in [-0.4, -0.2) is 22.7 Å². The molecule has 1 aliphatic heterocycles. The largest absolute Gasteiger partial charge is 0.389 e. The topological polar surface area (TPSA) is 36.4 Å². The fraction of sp³-hybridized carbons (Fsp3) is 0.667. The molecule has 1 aromatic heterocycles. The molecule has 1 unspecified atom stereocenters. The Morgan fingerprint density at radius 1 is 1.44 bits per heavy atom. The molecule has 0 saturated carbocycles. The van der Waals surface area contributed by atoms with Crippen LogP contribution in [0.25, 0.3) is 0 Å². The molecule has 0 bridgehead atoms. The van der Waals surface area contributed by atoms with Gasteiger partial charge in [0.25, 0.3) is 0 Å². The third-order valence-electron chi connectivity index (χ3n) is 3.80. The summed E-state index contributed by atoms with van der Waals surface area (Å²) in [6.07, 6.45) is 7.74. The summed E-state index contributed by atoms with van der Waals surface area (Å²) in [5, 5.41) is 9.51. The van der Waals surface area contributed by atoms with Crippen molar-refractivity contribution in [2.24, 2.45) is 0 Å². The van der Waals surface area contributed by atoms with E-state index >= 15 is 0 Å². The summed E-state index contributed by atoms with van der Waals surface area (Å²) in [6.45, 7) is 5.14. The van der Waals surface area contributed by atoms with E-state index in [-0.39, 0.29) is 0 Å². The number of aromatic nitrogens is 1. The van der Waals surface area contributed by atoms with Gasteiger partial charge in [-0.15, -0.1) is 0 Å². The molecule has 3 heteroatoms. The van der Waals surface area contributed by atoms with Gasteiger partial charge >= 0.3 is 0 Å². The maximum Gasteiger partial charge on any atom is 0.128 e. The number of nitrogens with zero attached hydrogens (tertiary/aromatic N) is 2. The van der Waals surface area contributed by atoms with E-state index in [0.717, 1.165) is 17.9 Å². The minimum Gasteiger partial charge on any atom is -0.389 e. The lowest BCUT2D eigenvalue weighted by molar-refractivity contribution is 0.199. The lowest BCUT2D eigenvalue weighted by Crippen LogP contribution is -2.40. The van der Waals surface area contributed by atoms with E-state index in [1.54, 1.807) is 13.1 Å². The number of hydrogen-bond donors (Lipinski definition) is 1. The number of rotatable bonds is 4. The van der Waals surface area contributed by atoms with Crippen LogP contribution in [0.4, 0.5) is 5.82 Å². The lowest BCUT2D eigenvalue weighted by atomic mass is 9.98. The predicted octanol–water partition coefficient (Wildman–Crippen LogP) is 3.29. The second-order valence-corrected chi connectivity index (χ2v) is 5.26. The van der Waals surface area contributed by atoms with Crippen molar-refractivity contribution in [1.82, 2.24) is 4.98 Å². The molecule has 0 aliphatic carbocycles. The molecule has 0 radical (unpaired) electrons. The van der Waals surface area contributed by atoms with Crippen LogP contribution >= 0.6 is 0 Å². The monoisotopic (exact) mass is 248 g/mol. The first-order valence-electron chi connectivity index (χ1n) is 7.13. The summed E-state index contributed by atoms with van der Waals surface area (Å²) in [4.78, 5) is 6.97. The van der Waals surface area contributed by atoms with Gasteiger partial charge in [0.15, 0.2) is 0 Å². The van der Waals surface area contributed by atoms with Crippen molar-refractivity contribution in [2.45, 2.75) is 58.1 Å². The number of piperidine rings is 1. The predicted molar refractivity (Wildman–Crippen MR) is 74.8 cm³/mol. The quantitative estimate of drug-likeness (QED) is 0.888. The number of pyridine rings is 1. The smallest absolute Gasteiger partial charge is 0.128 e. The van der Waals surface area contributed by atoms with Crippen LogP contribution in [0.5, 0.6) is 0 Å². The van der Waals surface area contributed by atoms with Crippen LogP contribution in [-0.2, 0) is 0 Å². The zero-order valence-electron chi connectivity index (χ0n) is 11.5. The highest BCUT2D eigenvalue weighted by molar-refractivity contribution is 5.41. The Labute approximate surface area is 110 Å². The van der Waals surface area contributed by atoms with Gasteiger partial charge in [0.05, 0.1) is 6.10 Å². The average Bonchev–Trinajstić information content (AvgIpc) is 2.40. The van der Waals surface area contributed by atoms with E-state index in [0.29, 0.717) is 6.04 Å². The Hall–Kier alpha value is -1.09. The maximum absolute atomic E-state index is 9.51. The molecule has 1 saturated heterocycles. The number of aliphatic hydroxyl groups excluding tert-OH is 1. The van der Waals surface area contributed by atoms with Crippen molar-refractivity contribution in [2.75, 3.05) is 11.4 Å². The molecule has 2 rings (SSSR count). The van der Waals surface area contributed by atoms with Crippen LogP contribution in [0.3, 0.4) is 0 Å². The van der Waals surface area contributed by atoms with Gasteiger partial charge in [-0.2, -0.15) is 0 Å². The van der Waals surface area contributed by atoms with Gasteiger partial charge in [0.1, 0.15) is 5.82 Å². The van der Waals surface area contributed by atoms with Gasteiger partial charge in [-0.05, 0) is 44.2 Å². The van der Waals surface area contributed by atoms with Crippen LogP contribution in [0.15, 0.2) is 18.3 Å². The van der Waals surface area contributed by atoms with E-state index in [9.17, 15) is 5.11 Å². The van der Waals surface area contributed by atoms with Gasteiger partial charge in [-0.1, -0.05) is 19.4 Å². The van der Waals surface area contributed by atoms with E-state index in [1.165, 1.54) is 32.1 Å². The third kappa shape index (κ3) is 3.02. The molecule has 1 N–H and O–H groups in total.